The van der Waals surface area contributed by atoms with Crippen LogP contribution in [0.15, 0.2) is 0 Å². The van der Waals surface area contributed by atoms with Gasteiger partial charge in [0.1, 0.15) is 0 Å². The number of ether oxygens (including phenoxy) is 1. The smallest absolute Gasteiger partial charge is 0.347 e. The summed E-state index contributed by atoms with van der Waals surface area (Å²) in [4.78, 5) is 2.33. The quantitative estimate of drug-likeness (QED) is 0.342. The van der Waals surface area contributed by atoms with Gasteiger partial charge in [-0.15, -0.1) is 0 Å². The summed E-state index contributed by atoms with van der Waals surface area (Å²) in [5.74, 6) is 1.20. The molecular weight excluding hydrogens is 166 g/mol. The second kappa shape index (κ2) is 5.07. The first-order chi connectivity index (χ1) is 6.25. The molecule has 76 valence electrons. The summed E-state index contributed by atoms with van der Waals surface area (Å²) in [5, 5.41) is 3.36. The summed E-state index contributed by atoms with van der Waals surface area (Å²) in [6, 6.07) is 0. The highest BCUT2D eigenvalue weighted by Gasteiger charge is 2.21. The van der Waals surface area contributed by atoms with Crippen molar-refractivity contribution < 1.29 is 9.31 Å². The molecule has 1 aliphatic heterocycles. The van der Waals surface area contributed by atoms with E-state index in [0.29, 0.717) is 0 Å². The van der Waals surface area contributed by atoms with Gasteiger partial charge in [-0.1, -0.05) is 0 Å². The van der Waals surface area contributed by atoms with Crippen molar-refractivity contribution in [2.75, 3.05) is 46.9 Å². The second-order valence-electron chi connectivity index (χ2n) is 3.35. The van der Waals surface area contributed by atoms with Gasteiger partial charge in [-0.25, -0.2) is 0 Å². The lowest BCUT2D eigenvalue weighted by Crippen LogP contribution is -2.50. The number of guanidine groups is 1. The summed E-state index contributed by atoms with van der Waals surface area (Å²) in [5.41, 5.74) is 0. The molecule has 4 heteroatoms. The monoisotopic (exact) mass is 186 g/mol. The van der Waals surface area contributed by atoms with Gasteiger partial charge in [0.2, 0.25) is 0 Å². The molecule has 0 amide bonds. The summed E-state index contributed by atoms with van der Waals surface area (Å²) in [7, 11) is 4.13. The van der Waals surface area contributed by atoms with Crippen molar-refractivity contribution in [1.82, 2.24) is 10.2 Å². The molecular formula is C9H20N3O+. The van der Waals surface area contributed by atoms with E-state index in [9.17, 15) is 0 Å². The number of hydrogen-bond donors (Lipinski definition) is 1. The van der Waals surface area contributed by atoms with E-state index in [1.165, 1.54) is 5.96 Å². The first kappa shape index (κ1) is 10.3. The number of morpholine rings is 1. The molecule has 0 bridgehead atoms. The van der Waals surface area contributed by atoms with Crippen LogP contribution in [0, 0.1) is 0 Å². The molecule has 1 aliphatic rings. The van der Waals surface area contributed by atoms with Crippen LogP contribution in [0.2, 0.25) is 0 Å². The Bertz CT molecular complexity index is 181. The lowest BCUT2D eigenvalue weighted by Gasteiger charge is -2.25. The van der Waals surface area contributed by atoms with E-state index >= 15 is 0 Å². The van der Waals surface area contributed by atoms with Gasteiger partial charge in [-0.05, 0) is 6.92 Å². The van der Waals surface area contributed by atoms with Crippen LogP contribution in [0.5, 0.6) is 0 Å². The largest absolute Gasteiger partial charge is 0.375 e. The summed E-state index contributed by atoms with van der Waals surface area (Å²) in [6.07, 6.45) is 0. The van der Waals surface area contributed by atoms with Crippen molar-refractivity contribution in [3.8, 4) is 0 Å². The molecule has 1 heterocycles. The van der Waals surface area contributed by atoms with E-state index in [-0.39, 0.29) is 0 Å². The third-order valence-corrected chi connectivity index (χ3v) is 2.07. The number of rotatable bonds is 1. The van der Waals surface area contributed by atoms with Gasteiger partial charge in [0, 0.05) is 0 Å². The SMILES string of the molecule is CCNC(N1CCOCC1)=[N+](C)C. The van der Waals surface area contributed by atoms with Gasteiger partial charge < -0.3 is 4.74 Å². The molecule has 0 aliphatic carbocycles. The Hall–Kier alpha value is -0.770. The Kier molecular flexibility index (Phi) is 4.02. The second-order valence-corrected chi connectivity index (χ2v) is 3.35. The van der Waals surface area contributed by atoms with Crippen molar-refractivity contribution in [1.29, 1.82) is 0 Å². The Morgan fingerprint density at radius 3 is 2.46 bits per heavy atom. The van der Waals surface area contributed by atoms with Crippen LogP contribution in [-0.2, 0) is 4.74 Å². The molecule has 1 fully saturated rings. The molecule has 0 aromatic heterocycles. The van der Waals surface area contributed by atoms with Gasteiger partial charge in [0.05, 0.1) is 46.9 Å². The van der Waals surface area contributed by atoms with Gasteiger partial charge in [0.15, 0.2) is 0 Å². The van der Waals surface area contributed by atoms with Crippen molar-refractivity contribution in [2.24, 2.45) is 0 Å². The third-order valence-electron chi connectivity index (χ3n) is 2.07. The minimum Gasteiger partial charge on any atom is -0.375 e. The topological polar surface area (TPSA) is 27.5 Å². The van der Waals surface area contributed by atoms with Gasteiger partial charge >= 0.3 is 5.96 Å². The fourth-order valence-corrected chi connectivity index (χ4v) is 1.49. The highest BCUT2D eigenvalue weighted by atomic mass is 16.5. The van der Waals surface area contributed by atoms with E-state index in [1.54, 1.807) is 0 Å². The maximum absolute atomic E-state index is 5.31. The maximum atomic E-state index is 5.31. The molecule has 1 N–H and O–H groups in total. The van der Waals surface area contributed by atoms with Crippen LogP contribution in [0.25, 0.3) is 0 Å². The molecule has 0 aromatic rings. The molecule has 13 heavy (non-hydrogen) atoms. The van der Waals surface area contributed by atoms with Crippen molar-refractivity contribution in [3.63, 3.8) is 0 Å². The molecule has 0 unspecified atom stereocenters. The lowest BCUT2D eigenvalue weighted by atomic mass is 10.4. The lowest BCUT2D eigenvalue weighted by molar-refractivity contribution is -0.473. The maximum Gasteiger partial charge on any atom is 0.347 e. The minimum atomic E-state index is 0.836. The van der Waals surface area contributed by atoms with Crippen LogP contribution >= 0.6 is 0 Å². The average Bonchev–Trinajstić information content (AvgIpc) is 2.15. The summed E-state index contributed by atoms with van der Waals surface area (Å²) < 4.78 is 7.43. The van der Waals surface area contributed by atoms with E-state index < -0.39 is 0 Å². The van der Waals surface area contributed by atoms with Crippen molar-refractivity contribution >= 4 is 5.96 Å². The number of nitrogens with zero attached hydrogens (tertiary/aromatic N) is 2. The number of hydrogen-bond acceptors (Lipinski definition) is 1. The molecule has 0 radical (unpaired) electrons. The van der Waals surface area contributed by atoms with Crippen LogP contribution in [0.3, 0.4) is 0 Å². The van der Waals surface area contributed by atoms with Gasteiger partial charge in [-0.2, -0.15) is 0 Å². The molecule has 4 nitrogen and oxygen atoms in total. The zero-order chi connectivity index (χ0) is 9.68. The Labute approximate surface area is 80.2 Å². The standard InChI is InChI=1S/C9H19N3O/c1-4-10-9(11(2)3)12-5-7-13-8-6-12/h4-8H2,1-3H3/p+1. The van der Waals surface area contributed by atoms with E-state index in [0.717, 1.165) is 32.8 Å². The zero-order valence-electron chi connectivity index (χ0n) is 8.84. The predicted molar refractivity (Wildman–Crippen MR) is 53.2 cm³/mol. The summed E-state index contributed by atoms with van der Waals surface area (Å²) in [6.45, 7) is 6.72. The molecule has 0 spiro atoms. The Morgan fingerprint density at radius 2 is 2.00 bits per heavy atom. The van der Waals surface area contributed by atoms with Crippen LogP contribution in [-0.4, -0.2) is 62.4 Å². The fourth-order valence-electron chi connectivity index (χ4n) is 1.49. The Morgan fingerprint density at radius 1 is 1.38 bits per heavy atom. The highest BCUT2D eigenvalue weighted by molar-refractivity contribution is 5.74. The molecule has 0 saturated carbocycles. The zero-order valence-corrected chi connectivity index (χ0v) is 8.84. The predicted octanol–water partition coefficient (Wildman–Crippen LogP) is -0.444. The molecule has 0 aromatic carbocycles. The van der Waals surface area contributed by atoms with Gasteiger partial charge in [0.25, 0.3) is 0 Å². The molecule has 1 saturated heterocycles. The van der Waals surface area contributed by atoms with Crippen LogP contribution in [0.4, 0.5) is 0 Å². The van der Waals surface area contributed by atoms with Gasteiger partial charge in [-0.3, -0.25) is 14.8 Å². The normalized spacial score (nSPS) is 17.0. The number of nitrogens with one attached hydrogen (secondary N) is 1. The van der Waals surface area contributed by atoms with E-state index in [4.69, 9.17) is 4.74 Å². The fraction of sp³-hybridized carbons (Fsp3) is 0.889. The third kappa shape index (κ3) is 2.88. The highest BCUT2D eigenvalue weighted by Crippen LogP contribution is 1.96. The van der Waals surface area contributed by atoms with E-state index in [2.05, 4.69) is 35.8 Å². The summed E-state index contributed by atoms with van der Waals surface area (Å²) >= 11 is 0. The average molecular weight is 186 g/mol. The minimum absolute atomic E-state index is 0.836. The van der Waals surface area contributed by atoms with Crippen LogP contribution in [0.1, 0.15) is 6.92 Å². The van der Waals surface area contributed by atoms with E-state index in [1.807, 2.05) is 0 Å². The first-order valence-electron chi connectivity index (χ1n) is 4.86. The van der Waals surface area contributed by atoms with Crippen LogP contribution < -0.4 is 5.32 Å². The Balaban J connectivity index is 2.58. The van der Waals surface area contributed by atoms with Crippen molar-refractivity contribution in [3.05, 3.63) is 0 Å². The molecule has 0 atom stereocenters. The molecule has 1 rings (SSSR count). The van der Waals surface area contributed by atoms with Crippen molar-refractivity contribution in [2.45, 2.75) is 6.92 Å². The first-order valence-corrected chi connectivity index (χ1v) is 4.86.